The van der Waals surface area contributed by atoms with Crippen LogP contribution in [0.3, 0.4) is 0 Å². The summed E-state index contributed by atoms with van der Waals surface area (Å²) in [5, 5.41) is 9.59. The van der Waals surface area contributed by atoms with Gasteiger partial charge < -0.3 is 15.4 Å². The Balaban J connectivity index is 1.47. The molecule has 3 aromatic carbocycles. The van der Waals surface area contributed by atoms with Crippen LogP contribution in [-0.4, -0.2) is 30.5 Å². The monoisotopic (exact) mass is 492 g/mol. The van der Waals surface area contributed by atoms with E-state index < -0.39 is 11.8 Å². The van der Waals surface area contributed by atoms with Crippen molar-refractivity contribution in [2.75, 3.05) is 17.2 Å². The van der Waals surface area contributed by atoms with Crippen LogP contribution < -0.4 is 20.8 Å². The third kappa shape index (κ3) is 7.97. The highest BCUT2D eigenvalue weighted by molar-refractivity contribution is 6.39. The van der Waals surface area contributed by atoms with Crippen LogP contribution in [0.2, 0.25) is 5.02 Å². The lowest BCUT2D eigenvalue weighted by Crippen LogP contribution is -2.32. The van der Waals surface area contributed by atoms with E-state index in [0.29, 0.717) is 27.7 Å². The number of anilines is 2. The van der Waals surface area contributed by atoms with Gasteiger partial charge in [0.25, 0.3) is 5.91 Å². The van der Waals surface area contributed by atoms with Crippen molar-refractivity contribution in [3.63, 3.8) is 0 Å². The number of nitrogens with zero attached hydrogens (tertiary/aromatic N) is 1. The highest BCUT2D eigenvalue weighted by Gasteiger charge is 2.12. The lowest BCUT2D eigenvalue weighted by molar-refractivity contribution is -0.136. The SMILES string of the molecule is CCc1ccc(NC(=O)C(=O)N/N=C\c2cccc(OCC(=O)Nc3ccc(C)c(Cl)c3)c2)cc1. The number of nitrogens with one attached hydrogen (secondary N) is 3. The number of carbonyl (C=O) groups excluding carboxylic acids is 3. The lowest BCUT2D eigenvalue weighted by Gasteiger charge is -2.09. The predicted molar refractivity (Wildman–Crippen MR) is 137 cm³/mol. The minimum atomic E-state index is -0.902. The molecule has 0 spiro atoms. The summed E-state index contributed by atoms with van der Waals surface area (Å²) in [6.45, 7) is 3.70. The average molecular weight is 493 g/mol. The second kappa shape index (κ2) is 12.3. The second-order valence-electron chi connectivity index (χ2n) is 7.58. The molecule has 3 aromatic rings. The van der Waals surface area contributed by atoms with E-state index in [9.17, 15) is 14.4 Å². The minimum Gasteiger partial charge on any atom is -0.484 e. The first-order valence-electron chi connectivity index (χ1n) is 10.9. The molecule has 0 aliphatic carbocycles. The molecular weight excluding hydrogens is 468 g/mol. The van der Waals surface area contributed by atoms with Crippen molar-refractivity contribution in [3.8, 4) is 5.75 Å². The first-order valence-corrected chi connectivity index (χ1v) is 11.2. The van der Waals surface area contributed by atoms with Gasteiger partial charge in [-0.1, -0.05) is 48.9 Å². The molecule has 0 radical (unpaired) electrons. The van der Waals surface area contributed by atoms with Crippen molar-refractivity contribution < 1.29 is 19.1 Å². The van der Waals surface area contributed by atoms with E-state index in [1.54, 1.807) is 48.5 Å². The van der Waals surface area contributed by atoms with Gasteiger partial charge in [-0.05, 0) is 66.4 Å². The van der Waals surface area contributed by atoms with Gasteiger partial charge in [0.2, 0.25) is 0 Å². The summed E-state index contributed by atoms with van der Waals surface area (Å²) >= 11 is 6.07. The molecule has 0 bridgehead atoms. The average Bonchev–Trinajstić information content (AvgIpc) is 2.85. The molecule has 3 N–H and O–H groups in total. The van der Waals surface area contributed by atoms with Crippen LogP contribution in [0.1, 0.15) is 23.6 Å². The summed E-state index contributed by atoms with van der Waals surface area (Å²) in [5.41, 5.74) is 5.92. The Morgan fingerprint density at radius 3 is 2.40 bits per heavy atom. The standard InChI is InChI=1S/C26H25ClN4O4/c1-3-18-8-11-20(12-9-18)30-25(33)26(34)31-28-15-19-5-4-6-22(13-19)35-16-24(32)29-21-10-7-17(2)23(27)14-21/h4-15H,3,16H2,1-2H3,(H,29,32)(H,30,33)(H,31,34)/b28-15-. The number of carbonyl (C=O) groups is 3. The zero-order valence-electron chi connectivity index (χ0n) is 19.3. The maximum atomic E-state index is 12.1. The second-order valence-corrected chi connectivity index (χ2v) is 7.98. The molecule has 8 nitrogen and oxygen atoms in total. The van der Waals surface area contributed by atoms with Gasteiger partial charge in [-0.3, -0.25) is 14.4 Å². The fraction of sp³-hybridized carbons (Fsp3) is 0.154. The van der Waals surface area contributed by atoms with Crippen LogP contribution in [0.4, 0.5) is 11.4 Å². The fourth-order valence-corrected chi connectivity index (χ4v) is 3.11. The van der Waals surface area contributed by atoms with E-state index >= 15 is 0 Å². The third-order valence-electron chi connectivity index (χ3n) is 4.89. The van der Waals surface area contributed by atoms with Gasteiger partial charge in [0.15, 0.2) is 6.61 Å². The number of halogens is 1. The number of ether oxygens (including phenoxy) is 1. The van der Waals surface area contributed by atoms with Crippen molar-refractivity contribution >= 4 is 46.9 Å². The maximum Gasteiger partial charge on any atom is 0.329 e. The van der Waals surface area contributed by atoms with Gasteiger partial charge in [-0.15, -0.1) is 0 Å². The first-order chi connectivity index (χ1) is 16.8. The molecule has 0 saturated carbocycles. The topological polar surface area (TPSA) is 109 Å². The van der Waals surface area contributed by atoms with Crippen molar-refractivity contribution in [1.29, 1.82) is 0 Å². The van der Waals surface area contributed by atoms with Gasteiger partial charge in [-0.2, -0.15) is 5.10 Å². The maximum absolute atomic E-state index is 12.1. The van der Waals surface area contributed by atoms with Gasteiger partial charge in [-0.25, -0.2) is 5.43 Å². The van der Waals surface area contributed by atoms with E-state index in [0.717, 1.165) is 17.5 Å². The Bertz CT molecular complexity index is 1240. The summed E-state index contributed by atoms with van der Waals surface area (Å²) in [6, 6.07) is 19.2. The molecule has 0 aliphatic rings. The van der Waals surface area contributed by atoms with Gasteiger partial charge >= 0.3 is 11.8 Å². The van der Waals surface area contributed by atoms with Crippen molar-refractivity contribution in [3.05, 3.63) is 88.4 Å². The molecule has 0 aromatic heterocycles. The predicted octanol–water partition coefficient (Wildman–Crippen LogP) is 4.32. The number of benzene rings is 3. The largest absolute Gasteiger partial charge is 0.484 e. The Morgan fingerprint density at radius 1 is 0.943 bits per heavy atom. The highest BCUT2D eigenvalue weighted by atomic mass is 35.5. The molecule has 0 unspecified atom stereocenters. The summed E-state index contributed by atoms with van der Waals surface area (Å²) < 4.78 is 5.52. The van der Waals surface area contributed by atoms with Gasteiger partial charge in [0.1, 0.15) is 5.75 Å². The quantitative estimate of drug-likeness (QED) is 0.247. The first kappa shape index (κ1) is 25.5. The molecule has 0 aliphatic heterocycles. The molecule has 0 atom stereocenters. The van der Waals surface area contributed by atoms with Crippen molar-refractivity contribution in [1.82, 2.24) is 5.43 Å². The number of aryl methyl sites for hydroxylation is 2. The summed E-state index contributed by atoms with van der Waals surface area (Å²) in [7, 11) is 0. The fourth-order valence-electron chi connectivity index (χ4n) is 2.93. The Hall–Kier alpha value is -4.17. The van der Waals surface area contributed by atoms with Crippen LogP contribution >= 0.6 is 11.6 Å². The van der Waals surface area contributed by atoms with Crippen LogP contribution in [0.15, 0.2) is 71.8 Å². The smallest absolute Gasteiger partial charge is 0.329 e. The van der Waals surface area contributed by atoms with Gasteiger partial charge in [0, 0.05) is 16.4 Å². The summed E-state index contributed by atoms with van der Waals surface area (Å²) in [6.07, 6.45) is 2.24. The van der Waals surface area contributed by atoms with Crippen molar-refractivity contribution in [2.24, 2.45) is 5.10 Å². The number of rotatable bonds is 8. The van der Waals surface area contributed by atoms with E-state index in [1.807, 2.05) is 32.0 Å². The molecule has 0 fully saturated rings. The molecule has 3 amide bonds. The lowest BCUT2D eigenvalue weighted by atomic mass is 10.1. The Kier molecular flexibility index (Phi) is 8.97. The summed E-state index contributed by atoms with van der Waals surface area (Å²) in [4.78, 5) is 36.1. The van der Waals surface area contributed by atoms with Gasteiger partial charge in [0.05, 0.1) is 6.21 Å². The van der Waals surface area contributed by atoms with Crippen LogP contribution in [0, 0.1) is 6.92 Å². The molecule has 180 valence electrons. The number of hydrogen-bond acceptors (Lipinski definition) is 5. The van der Waals surface area contributed by atoms with E-state index in [4.69, 9.17) is 16.3 Å². The Labute approximate surface area is 208 Å². The number of hydrazone groups is 1. The third-order valence-corrected chi connectivity index (χ3v) is 5.30. The molecule has 0 heterocycles. The minimum absolute atomic E-state index is 0.206. The normalized spacial score (nSPS) is 10.6. The molecule has 0 saturated heterocycles. The molecular formula is C26H25ClN4O4. The van der Waals surface area contributed by atoms with Crippen LogP contribution in [0.5, 0.6) is 5.75 Å². The zero-order valence-corrected chi connectivity index (χ0v) is 20.1. The highest BCUT2D eigenvalue weighted by Crippen LogP contribution is 2.20. The number of hydrogen-bond donors (Lipinski definition) is 3. The van der Waals surface area contributed by atoms with Crippen LogP contribution in [-0.2, 0) is 20.8 Å². The summed E-state index contributed by atoms with van der Waals surface area (Å²) in [5.74, 6) is -1.64. The van der Waals surface area contributed by atoms with E-state index in [1.165, 1.54) is 6.21 Å². The molecule has 3 rings (SSSR count). The number of amides is 3. The zero-order chi connectivity index (χ0) is 25.2. The van der Waals surface area contributed by atoms with E-state index in [-0.39, 0.29) is 12.5 Å². The van der Waals surface area contributed by atoms with E-state index in [2.05, 4.69) is 21.2 Å². The molecule has 35 heavy (non-hydrogen) atoms. The molecule has 9 heteroatoms. The van der Waals surface area contributed by atoms with Crippen LogP contribution in [0.25, 0.3) is 0 Å². The van der Waals surface area contributed by atoms with Crippen molar-refractivity contribution in [2.45, 2.75) is 20.3 Å². The Morgan fingerprint density at radius 2 is 1.69 bits per heavy atom.